The predicted molar refractivity (Wildman–Crippen MR) is 75.2 cm³/mol. The molecule has 0 radical (unpaired) electrons. The summed E-state index contributed by atoms with van der Waals surface area (Å²) in [6, 6.07) is 17.5. The molecule has 19 heavy (non-hydrogen) atoms. The van der Waals surface area contributed by atoms with Crippen molar-refractivity contribution in [2.24, 2.45) is 5.73 Å². The summed E-state index contributed by atoms with van der Waals surface area (Å²) in [5, 5.41) is 9.84. The number of rotatable bonds is 4. The number of hydrogen-bond donors (Lipinski definition) is 2. The van der Waals surface area contributed by atoms with Crippen molar-refractivity contribution in [1.29, 1.82) is 0 Å². The van der Waals surface area contributed by atoms with E-state index in [4.69, 9.17) is 5.73 Å². The van der Waals surface area contributed by atoms with Crippen LogP contribution in [0.4, 0.5) is 0 Å². The largest absolute Gasteiger partial charge is 0.384 e. The standard InChI is InChI=1S/C16H15NO2/c17-16(19)11-10-15(18)14-8-6-13(7-9-14)12-4-2-1-3-5-12/h1-11,15,18H,(H2,17,19)/b11-10+. The van der Waals surface area contributed by atoms with E-state index in [1.807, 2.05) is 54.6 Å². The summed E-state index contributed by atoms with van der Waals surface area (Å²) in [6.45, 7) is 0. The quantitative estimate of drug-likeness (QED) is 0.822. The third-order valence-electron chi connectivity index (χ3n) is 2.80. The molecule has 0 bridgehead atoms. The molecule has 0 aliphatic rings. The maximum atomic E-state index is 10.6. The van der Waals surface area contributed by atoms with Crippen LogP contribution in [0.15, 0.2) is 66.7 Å². The molecule has 0 saturated heterocycles. The lowest BCUT2D eigenvalue weighted by molar-refractivity contribution is -0.113. The fourth-order valence-electron chi connectivity index (χ4n) is 1.80. The van der Waals surface area contributed by atoms with E-state index < -0.39 is 12.0 Å². The molecule has 1 amide bonds. The summed E-state index contributed by atoms with van der Waals surface area (Å²) in [6.07, 6.45) is 1.72. The van der Waals surface area contributed by atoms with E-state index in [2.05, 4.69) is 0 Å². The second-order valence-electron chi connectivity index (χ2n) is 4.19. The molecule has 0 aromatic heterocycles. The Bertz CT molecular complexity index is 573. The zero-order valence-electron chi connectivity index (χ0n) is 10.4. The predicted octanol–water partition coefficient (Wildman–Crippen LogP) is 2.43. The van der Waals surface area contributed by atoms with Crippen molar-refractivity contribution in [3.8, 4) is 11.1 Å². The van der Waals surface area contributed by atoms with Gasteiger partial charge in [0.15, 0.2) is 0 Å². The highest BCUT2D eigenvalue weighted by molar-refractivity contribution is 5.85. The molecule has 2 aromatic rings. The number of carbonyl (C=O) groups excluding carboxylic acids is 1. The number of amides is 1. The lowest BCUT2D eigenvalue weighted by Crippen LogP contribution is -2.06. The van der Waals surface area contributed by atoms with Gasteiger partial charge in [-0.15, -0.1) is 0 Å². The van der Waals surface area contributed by atoms with Gasteiger partial charge in [-0.05, 0) is 22.8 Å². The van der Waals surface area contributed by atoms with Crippen LogP contribution in [-0.2, 0) is 4.79 Å². The molecule has 0 heterocycles. The van der Waals surface area contributed by atoms with Crippen molar-refractivity contribution >= 4 is 5.91 Å². The highest BCUT2D eigenvalue weighted by Crippen LogP contribution is 2.22. The van der Waals surface area contributed by atoms with Crippen LogP contribution in [0.5, 0.6) is 0 Å². The number of carbonyl (C=O) groups is 1. The van der Waals surface area contributed by atoms with E-state index >= 15 is 0 Å². The fourth-order valence-corrected chi connectivity index (χ4v) is 1.80. The second-order valence-corrected chi connectivity index (χ2v) is 4.19. The number of hydrogen-bond acceptors (Lipinski definition) is 2. The first-order chi connectivity index (χ1) is 9.16. The third-order valence-corrected chi connectivity index (χ3v) is 2.80. The Morgan fingerprint density at radius 3 is 2.16 bits per heavy atom. The second kappa shape index (κ2) is 5.98. The molecule has 3 heteroatoms. The highest BCUT2D eigenvalue weighted by Gasteiger charge is 2.04. The van der Waals surface area contributed by atoms with Crippen LogP contribution >= 0.6 is 0 Å². The number of aliphatic hydroxyl groups excluding tert-OH is 1. The number of nitrogens with two attached hydrogens (primary N) is 1. The summed E-state index contributed by atoms with van der Waals surface area (Å²) < 4.78 is 0. The topological polar surface area (TPSA) is 63.3 Å². The van der Waals surface area contributed by atoms with Crippen molar-refractivity contribution < 1.29 is 9.90 Å². The first-order valence-electron chi connectivity index (χ1n) is 5.98. The van der Waals surface area contributed by atoms with Crippen LogP contribution in [0.3, 0.4) is 0 Å². The van der Waals surface area contributed by atoms with Crippen molar-refractivity contribution in [3.63, 3.8) is 0 Å². The summed E-state index contributed by atoms with van der Waals surface area (Å²) in [7, 11) is 0. The molecule has 2 rings (SSSR count). The summed E-state index contributed by atoms with van der Waals surface area (Å²) in [4.78, 5) is 10.6. The van der Waals surface area contributed by atoms with Gasteiger partial charge in [-0.1, -0.05) is 54.6 Å². The maximum absolute atomic E-state index is 10.6. The van der Waals surface area contributed by atoms with Crippen LogP contribution in [0.1, 0.15) is 11.7 Å². The molecular formula is C16H15NO2. The molecule has 1 atom stereocenters. The molecule has 3 N–H and O–H groups in total. The summed E-state index contributed by atoms with van der Waals surface area (Å²) in [5.74, 6) is -0.569. The minimum atomic E-state index is -0.822. The molecular weight excluding hydrogens is 238 g/mol. The Labute approximate surface area is 112 Å². The van der Waals surface area contributed by atoms with E-state index in [-0.39, 0.29) is 0 Å². The van der Waals surface area contributed by atoms with Gasteiger partial charge in [-0.25, -0.2) is 0 Å². The lowest BCUT2D eigenvalue weighted by Gasteiger charge is -2.07. The van der Waals surface area contributed by atoms with E-state index in [1.165, 1.54) is 6.08 Å². The van der Waals surface area contributed by atoms with Gasteiger partial charge in [0.2, 0.25) is 5.91 Å². The van der Waals surface area contributed by atoms with E-state index in [1.54, 1.807) is 0 Å². The Morgan fingerprint density at radius 2 is 1.58 bits per heavy atom. The summed E-state index contributed by atoms with van der Waals surface area (Å²) in [5.41, 5.74) is 7.90. The van der Waals surface area contributed by atoms with Crippen LogP contribution in [0, 0.1) is 0 Å². The number of primary amides is 1. The molecule has 96 valence electrons. The number of aliphatic hydroxyl groups is 1. The van der Waals surface area contributed by atoms with Gasteiger partial charge in [-0.3, -0.25) is 4.79 Å². The normalized spacial score (nSPS) is 12.5. The maximum Gasteiger partial charge on any atom is 0.241 e. The molecule has 0 saturated carbocycles. The van der Waals surface area contributed by atoms with Crippen molar-refractivity contribution in [2.75, 3.05) is 0 Å². The average Bonchev–Trinajstić information content (AvgIpc) is 2.46. The van der Waals surface area contributed by atoms with Crippen molar-refractivity contribution in [1.82, 2.24) is 0 Å². The lowest BCUT2D eigenvalue weighted by atomic mass is 10.0. The molecule has 1 unspecified atom stereocenters. The van der Waals surface area contributed by atoms with Crippen molar-refractivity contribution in [2.45, 2.75) is 6.10 Å². The van der Waals surface area contributed by atoms with Gasteiger partial charge >= 0.3 is 0 Å². The molecule has 0 fully saturated rings. The monoisotopic (exact) mass is 253 g/mol. The van der Waals surface area contributed by atoms with Crippen LogP contribution in [0.2, 0.25) is 0 Å². The molecule has 0 aliphatic carbocycles. The molecule has 0 aliphatic heterocycles. The van der Waals surface area contributed by atoms with E-state index in [0.29, 0.717) is 0 Å². The van der Waals surface area contributed by atoms with Gasteiger partial charge in [-0.2, -0.15) is 0 Å². The highest BCUT2D eigenvalue weighted by atomic mass is 16.3. The van der Waals surface area contributed by atoms with Crippen LogP contribution in [-0.4, -0.2) is 11.0 Å². The third kappa shape index (κ3) is 3.53. The average molecular weight is 253 g/mol. The Balaban J connectivity index is 2.17. The molecule has 3 nitrogen and oxygen atoms in total. The molecule has 2 aromatic carbocycles. The Hall–Kier alpha value is -2.39. The van der Waals surface area contributed by atoms with Gasteiger partial charge in [0.05, 0.1) is 6.10 Å². The Morgan fingerprint density at radius 1 is 1.00 bits per heavy atom. The fraction of sp³-hybridized carbons (Fsp3) is 0.0625. The van der Waals surface area contributed by atoms with Gasteiger partial charge in [0.1, 0.15) is 0 Å². The summed E-state index contributed by atoms with van der Waals surface area (Å²) >= 11 is 0. The first kappa shape index (κ1) is 13.1. The first-order valence-corrected chi connectivity index (χ1v) is 5.98. The van der Waals surface area contributed by atoms with E-state index in [0.717, 1.165) is 22.8 Å². The minimum Gasteiger partial charge on any atom is -0.384 e. The van der Waals surface area contributed by atoms with Gasteiger partial charge < -0.3 is 10.8 Å². The Kier molecular flexibility index (Phi) is 4.11. The van der Waals surface area contributed by atoms with Gasteiger partial charge in [0, 0.05) is 6.08 Å². The van der Waals surface area contributed by atoms with Gasteiger partial charge in [0.25, 0.3) is 0 Å². The minimum absolute atomic E-state index is 0.569. The van der Waals surface area contributed by atoms with Crippen LogP contribution in [0.25, 0.3) is 11.1 Å². The number of benzene rings is 2. The zero-order valence-corrected chi connectivity index (χ0v) is 10.4. The molecule has 0 spiro atoms. The SMILES string of the molecule is NC(=O)/C=C/C(O)c1ccc(-c2ccccc2)cc1. The zero-order chi connectivity index (χ0) is 13.7. The van der Waals surface area contributed by atoms with E-state index in [9.17, 15) is 9.90 Å². The van der Waals surface area contributed by atoms with Crippen LogP contribution < -0.4 is 5.73 Å². The smallest absolute Gasteiger partial charge is 0.241 e. The van der Waals surface area contributed by atoms with Crippen molar-refractivity contribution in [3.05, 3.63) is 72.3 Å².